The molecule has 0 saturated heterocycles. The van der Waals surface area contributed by atoms with Crippen molar-refractivity contribution in [2.45, 2.75) is 39.7 Å². The first-order valence-corrected chi connectivity index (χ1v) is 5.11. The maximum Gasteiger partial charge on any atom is 0.219 e. The van der Waals surface area contributed by atoms with Crippen LogP contribution in [0.5, 0.6) is 0 Å². The predicted octanol–water partition coefficient (Wildman–Crippen LogP) is 0.551. The number of Topliss-reactive ketones (excluding diaryl/α,β-unsaturated/α-hetero) is 1. The molecule has 0 heterocycles. The molecule has 2 N–H and O–H groups in total. The van der Waals surface area contributed by atoms with Crippen molar-refractivity contribution >= 4 is 11.7 Å². The van der Waals surface area contributed by atoms with Gasteiger partial charge in [-0.05, 0) is 13.1 Å². The summed E-state index contributed by atoms with van der Waals surface area (Å²) >= 11 is 0. The van der Waals surface area contributed by atoms with E-state index in [2.05, 4.69) is 0 Å². The number of amides is 1. The Hall–Kier alpha value is -0.900. The lowest BCUT2D eigenvalue weighted by Crippen LogP contribution is -2.43. The molecule has 1 amide bonds. The first-order valence-electron chi connectivity index (χ1n) is 5.11. The zero-order valence-corrected chi connectivity index (χ0v) is 9.25. The van der Waals surface area contributed by atoms with E-state index in [0.29, 0.717) is 6.42 Å². The quantitative estimate of drug-likeness (QED) is 0.652. The molecule has 0 spiro atoms. The van der Waals surface area contributed by atoms with Crippen molar-refractivity contribution in [2.75, 3.05) is 13.1 Å². The molecule has 0 aliphatic carbocycles. The Kier molecular flexibility index (Phi) is 6.12. The molecule has 1 atom stereocenters. The summed E-state index contributed by atoms with van der Waals surface area (Å²) in [6.45, 7) is 7.28. The van der Waals surface area contributed by atoms with Gasteiger partial charge >= 0.3 is 0 Å². The van der Waals surface area contributed by atoms with Gasteiger partial charge in [0.05, 0.1) is 6.04 Å². The van der Waals surface area contributed by atoms with Crippen LogP contribution in [-0.4, -0.2) is 35.7 Å². The maximum absolute atomic E-state index is 11.6. The second kappa shape index (κ2) is 6.54. The molecular formula is C10H20N2O2. The molecule has 14 heavy (non-hydrogen) atoms. The van der Waals surface area contributed by atoms with Crippen LogP contribution in [0.3, 0.4) is 0 Å². The van der Waals surface area contributed by atoms with Gasteiger partial charge in [0.2, 0.25) is 5.91 Å². The van der Waals surface area contributed by atoms with Gasteiger partial charge in [0.15, 0.2) is 0 Å². The Labute approximate surface area is 85.4 Å². The second-order valence-electron chi connectivity index (χ2n) is 3.23. The number of carbonyl (C=O) groups excluding carboxylic acids is 2. The number of ketones is 1. The van der Waals surface area contributed by atoms with Gasteiger partial charge in [0.25, 0.3) is 0 Å². The van der Waals surface area contributed by atoms with Gasteiger partial charge in [-0.15, -0.1) is 0 Å². The molecule has 0 fully saturated rings. The predicted molar refractivity (Wildman–Crippen MR) is 55.8 cm³/mol. The van der Waals surface area contributed by atoms with Crippen LogP contribution in [0.4, 0.5) is 0 Å². The van der Waals surface area contributed by atoms with Gasteiger partial charge in [0.1, 0.15) is 5.78 Å². The Morgan fingerprint density at radius 3 is 2.00 bits per heavy atom. The Morgan fingerprint density at radius 1 is 1.21 bits per heavy atom. The number of rotatable bonds is 7. The third-order valence-electron chi connectivity index (χ3n) is 2.37. The monoisotopic (exact) mass is 200 g/mol. The minimum Gasteiger partial charge on any atom is -0.370 e. The molecular weight excluding hydrogens is 180 g/mol. The average molecular weight is 200 g/mol. The van der Waals surface area contributed by atoms with Crippen LogP contribution in [0.25, 0.3) is 0 Å². The molecule has 0 rings (SSSR count). The maximum atomic E-state index is 11.6. The zero-order valence-electron chi connectivity index (χ0n) is 9.25. The Bertz CT molecular complexity index is 200. The van der Waals surface area contributed by atoms with Crippen molar-refractivity contribution in [3.63, 3.8) is 0 Å². The van der Waals surface area contributed by atoms with Crippen LogP contribution in [0.15, 0.2) is 0 Å². The van der Waals surface area contributed by atoms with E-state index in [9.17, 15) is 9.59 Å². The van der Waals surface area contributed by atoms with Crippen LogP contribution < -0.4 is 5.73 Å². The number of carbonyl (C=O) groups is 2. The van der Waals surface area contributed by atoms with Crippen molar-refractivity contribution in [3.05, 3.63) is 0 Å². The number of hydrogen-bond donors (Lipinski definition) is 1. The van der Waals surface area contributed by atoms with Crippen LogP contribution in [0.2, 0.25) is 0 Å². The zero-order chi connectivity index (χ0) is 11.1. The first kappa shape index (κ1) is 13.1. The molecule has 0 aromatic heterocycles. The fraction of sp³-hybridized carbons (Fsp3) is 0.800. The number of hydrogen-bond acceptors (Lipinski definition) is 3. The van der Waals surface area contributed by atoms with Gasteiger partial charge < -0.3 is 5.73 Å². The highest BCUT2D eigenvalue weighted by molar-refractivity contribution is 5.89. The molecule has 0 aliphatic heterocycles. The normalized spacial score (nSPS) is 12.9. The smallest absolute Gasteiger partial charge is 0.219 e. The van der Waals surface area contributed by atoms with E-state index >= 15 is 0 Å². The summed E-state index contributed by atoms with van der Waals surface area (Å²) in [5, 5.41) is 0. The summed E-state index contributed by atoms with van der Waals surface area (Å²) in [6.07, 6.45) is 0.586. The van der Waals surface area contributed by atoms with E-state index in [-0.39, 0.29) is 18.2 Å². The second-order valence-corrected chi connectivity index (χ2v) is 3.23. The largest absolute Gasteiger partial charge is 0.370 e. The molecule has 4 heteroatoms. The average Bonchev–Trinajstić information content (AvgIpc) is 2.16. The molecule has 1 unspecified atom stereocenters. The molecule has 0 aromatic rings. The first-order chi connectivity index (χ1) is 6.56. The molecule has 0 saturated carbocycles. The van der Waals surface area contributed by atoms with Crippen molar-refractivity contribution in [2.24, 2.45) is 5.73 Å². The van der Waals surface area contributed by atoms with Gasteiger partial charge in [-0.3, -0.25) is 14.5 Å². The van der Waals surface area contributed by atoms with Crippen LogP contribution >= 0.6 is 0 Å². The Morgan fingerprint density at radius 2 is 1.71 bits per heavy atom. The lowest BCUT2D eigenvalue weighted by atomic mass is 10.0. The van der Waals surface area contributed by atoms with Crippen molar-refractivity contribution < 1.29 is 9.59 Å². The molecule has 0 aromatic carbocycles. The molecule has 0 bridgehead atoms. The summed E-state index contributed by atoms with van der Waals surface area (Å²) in [5.41, 5.74) is 5.12. The summed E-state index contributed by atoms with van der Waals surface area (Å²) in [6, 6.07) is -0.326. The molecule has 0 radical (unpaired) electrons. The van der Waals surface area contributed by atoms with Gasteiger partial charge in [-0.1, -0.05) is 20.8 Å². The third-order valence-corrected chi connectivity index (χ3v) is 2.37. The van der Waals surface area contributed by atoms with Gasteiger partial charge in [-0.25, -0.2) is 0 Å². The van der Waals surface area contributed by atoms with E-state index < -0.39 is 5.91 Å². The molecule has 4 nitrogen and oxygen atoms in total. The van der Waals surface area contributed by atoms with Gasteiger partial charge in [0, 0.05) is 12.8 Å². The number of nitrogens with zero attached hydrogens (tertiary/aromatic N) is 1. The molecule has 0 aliphatic rings. The third kappa shape index (κ3) is 3.87. The Balaban J connectivity index is 4.51. The summed E-state index contributed by atoms with van der Waals surface area (Å²) in [5.74, 6) is -0.323. The van der Waals surface area contributed by atoms with Crippen LogP contribution in [0.1, 0.15) is 33.6 Å². The highest BCUT2D eigenvalue weighted by Crippen LogP contribution is 2.07. The lowest BCUT2D eigenvalue weighted by molar-refractivity contribution is -0.128. The summed E-state index contributed by atoms with van der Waals surface area (Å²) in [7, 11) is 0. The van der Waals surface area contributed by atoms with E-state index in [1.165, 1.54) is 0 Å². The topological polar surface area (TPSA) is 63.4 Å². The van der Waals surface area contributed by atoms with Crippen molar-refractivity contribution in [1.29, 1.82) is 0 Å². The van der Waals surface area contributed by atoms with E-state index in [0.717, 1.165) is 13.1 Å². The highest BCUT2D eigenvalue weighted by atomic mass is 16.1. The minimum atomic E-state index is -0.413. The van der Waals surface area contributed by atoms with Crippen molar-refractivity contribution in [3.8, 4) is 0 Å². The van der Waals surface area contributed by atoms with Crippen LogP contribution in [0, 0.1) is 0 Å². The van der Waals surface area contributed by atoms with Gasteiger partial charge in [-0.2, -0.15) is 0 Å². The van der Waals surface area contributed by atoms with E-state index in [4.69, 9.17) is 5.73 Å². The lowest BCUT2D eigenvalue weighted by Gasteiger charge is -2.27. The minimum absolute atomic E-state index is 0.0903. The standard InChI is InChI=1S/C10H20N2O2/c1-4-9(13)8(7-10(11)14)12(5-2)6-3/h8H,4-7H2,1-3H3,(H2,11,14). The highest BCUT2D eigenvalue weighted by Gasteiger charge is 2.23. The van der Waals surface area contributed by atoms with Crippen LogP contribution in [-0.2, 0) is 9.59 Å². The summed E-state index contributed by atoms with van der Waals surface area (Å²) < 4.78 is 0. The summed E-state index contributed by atoms with van der Waals surface area (Å²) in [4.78, 5) is 24.3. The van der Waals surface area contributed by atoms with E-state index in [1.807, 2.05) is 18.7 Å². The van der Waals surface area contributed by atoms with Crippen molar-refractivity contribution in [1.82, 2.24) is 4.90 Å². The SMILES string of the molecule is CCC(=O)C(CC(N)=O)N(CC)CC. The fourth-order valence-corrected chi connectivity index (χ4v) is 1.54. The number of nitrogens with two attached hydrogens (primary N) is 1. The number of primary amides is 1. The number of likely N-dealkylation sites (N-methyl/N-ethyl adjacent to an activating group) is 1. The van der Waals surface area contributed by atoms with E-state index in [1.54, 1.807) is 6.92 Å². The molecule has 82 valence electrons. The fourth-order valence-electron chi connectivity index (χ4n) is 1.54.